The Morgan fingerprint density at radius 3 is 2.58 bits per heavy atom. The molecule has 2 heterocycles. The van der Waals surface area contributed by atoms with Gasteiger partial charge in [0.15, 0.2) is 0 Å². The summed E-state index contributed by atoms with van der Waals surface area (Å²) >= 11 is 1.13. The van der Waals surface area contributed by atoms with Gasteiger partial charge in [0.25, 0.3) is 10.0 Å². The van der Waals surface area contributed by atoms with Crippen molar-refractivity contribution in [3.63, 3.8) is 0 Å². The zero-order valence-corrected chi connectivity index (χ0v) is 17.2. The maximum Gasteiger partial charge on any atom is 0.250 e. The van der Waals surface area contributed by atoms with Gasteiger partial charge in [0.1, 0.15) is 4.21 Å². The summed E-state index contributed by atoms with van der Waals surface area (Å²) in [7, 11) is -3.66. The first-order valence-electron chi connectivity index (χ1n) is 8.95. The van der Waals surface area contributed by atoms with Gasteiger partial charge < -0.3 is 10.1 Å². The molecule has 148 valence electrons. The molecular formula is C17H29N3O4S2. The zero-order chi connectivity index (χ0) is 19.2. The minimum atomic E-state index is -3.66. The van der Waals surface area contributed by atoms with E-state index in [-0.39, 0.29) is 16.2 Å². The molecule has 0 aromatic carbocycles. The Hall–Kier alpha value is -1.00. The first-order valence-corrected chi connectivity index (χ1v) is 11.3. The van der Waals surface area contributed by atoms with Crippen LogP contribution in [-0.2, 0) is 19.6 Å². The van der Waals surface area contributed by atoms with E-state index in [1.807, 2.05) is 0 Å². The van der Waals surface area contributed by atoms with Crippen LogP contribution in [-0.4, -0.2) is 64.2 Å². The van der Waals surface area contributed by atoms with E-state index in [2.05, 4.69) is 28.8 Å². The molecule has 0 saturated carbocycles. The second-order valence-electron chi connectivity index (χ2n) is 6.95. The molecule has 1 saturated heterocycles. The Morgan fingerprint density at radius 2 is 2.00 bits per heavy atom. The third-order valence-corrected chi connectivity index (χ3v) is 7.24. The summed E-state index contributed by atoms with van der Waals surface area (Å²) in [5.41, 5.74) is 0. The predicted octanol–water partition coefficient (Wildman–Crippen LogP) is 1.28. The number of nitrogens with one attached hydrogen (secondary N) is 2. The Morgan fingerprint density at radius 1 is 1.31 bits per heavy atom. The van der Waals surface area contributed by atoms with Crippen LogP contribution < -0.4 is 10.0 Å². The van der Waals surface area contributed by atoms with Crippen LogP contribution in [0.4, 0.5) is 0 Å². The highest BCUT2D eigenvalue weighted by molar-refractivity contribution is 7.91. The van der Waals surface area contributed by atoms with E-state index in [9.17, 15) is 13.2 Å². The topological polar surface area (TPSA) is 87.7 Å². The quantitative estimate of drug-likeness (QED) is 0.648. The van der Waals surface area contributed by atoms with E-state index in [1.54, 1.807) is 18.4 Å². The fourth-order valence-electron chi connectivity index (χ4n) is 2.98. The van der Waals surface area contributed by atoms with E-state index in [0.29, 0.717) is 25.7 Å². The van der Waals surface area contributed by atoms with Crippen molar-refractivity contribution < 1.29 is 17.9 Å². The van der Waals surface area contributed by atoms with Crippen molar-refractivity contribution in [3.8, 4) is 0 Å². The van der Waals surface area contributed by atoms with Crippen LogP contribution in [0.15, 0.2) is 21.7 Å². The van der Waals surface area contributed by atoms with Gasteiger partial charge in [0.2, 0.25) is 5.91 Å². The monoisotopic (exact) mass is 403 g/mol. The van der Waals surface area contributed by atoms with E-state index >= 15 is 0 Å². The molecule has 26 heavy (non-hydrogen) atoms. The fraction of sp³-hybridized carbons (Fsp3) is 0.706. The average Bonchev–Trinajstić information content (AvgIpc) is 3.14. The van der Waals surface area contributed by atoms with Crippen LogP contribution in [0.5, 0.6) is 0 Å². The molecule has 2 rings (SSSR count). The zero-order valence-electron chi connectivity index (χ0n) is 15.6. The number of hydrogen-bond donors (Lipinski definition) is 2. The van der Waals surface area contributed by atoms with Gasteiger partial charge in [0.05, 0.1) is 19.3 Å². The van der Waals surface area contributed by atoms with Crippen molar-refractivity contribution in [2.24, 2.45) is 5.92 Å². The molecule has 1 aromatic heterocycles. The number of carbonyl (C=O) groups excluding carboxylic acids is 1. The summed E-state index contributed by atoms with van der Waals surface area (Å²) in [6.07, 6.45) is 0.968. The Kier molecular flexibility index (Phi) is 8.03. The lowest BCUT2D eigenvalue weighted by atomic mass is 10.0. The lowest BCUT2D eigenvalue weighted by Gasteiger charge is -2.35. The summed E-state index contributed by atoms with van der Waals surface area (Å²) < 4.78 is 32.5. The number of ether oxygens (including phenoxy) is 1. The maximum atomic E-state index is 12.4. The molecule has 0 bridgehead atoms. The summed E-state index contributed by atoms with van der Waals surface area (Å²) in [4.78, 5) is 14.7. The molecule has 0 radical (unpaired) electrons. The number of nitrogens with zero attached hydrogens (tertiary/aromatic N) is 1. The molecule has 0 spiro atoms. The minimum absolute atomic E-state index is 0.211. The van der Waals surface area contributed by atoms with E-state index in [1.165, 1.54) is 6.07 Å². The highest BCUT2D eigenvalue weighted by Crippen LogP contribution is 2.16. The van der Waals surface area contributed by atoms with Gasteiger partial charge in [0, 0.05) is 25.7 Å². The maximum absolute atomic E-state index is 12.4. The average molecular weight is 404 g/mol. The SMILES string of the molecule is CC(C)CC(CNC(=O)C(C)NS(=O)(=O)c1cccs1)N1CCOCC1. The Bertz CT molecular complexity index is 656. The van der Waals surface area contributed by atoms with Crippen LogP contribution in [0, 0.1) is 5.92 Å². The number of carbonyl (C=O) groups is 1. The lowest BCUT2D eigenvalue weighted by Crippen LogP contribution is -2.52. The molecule has 2 N–H and O–H groups in total. The molecule has 1 aliphatic rings. The van der Waals surface area contributed by atoms with Crippen molar-refractivity contribution in [2.45, 2.75) is 43.5 Å². The molecule has 1 amide bonds. The van der Waals surface area contributed by atoms with Crippen molar-refractivity contribution >= 4 is 27.3 Å². The van der Waals surface area contributed by atoms with Crippen LogP contribution in [0.25, 0.3) is 0 Å². The summed E-state index contributed by atoms with van der Waals surface area (Å²) in [6, 6.07) is 2.59. The number of thiophene rings is 1. The summed E-state index contributed by atoms with van der Waals surface area (Å²) in [6.45, 7) is 9.51. The molecule has 2 atom stereocenters. The number of hydrogen-bond acceptors (Lipinski definition) is 6. The predicted molar refractivity (Wildman–Crippen MR) is 103 cm³/mol. The Labute approximate surface area is 160 Å². The molecule has 9 heteroatoms. The third-order valence-electron chi connectivity index (χ3n) is 4.30. The minimum Gasteiger partial charge on any atom is -0.379 e. The van der Waals surface area contributed by atoms with Crippen molar-refractivity contribution in [3.05, 3.63) is 17.5 Å². The summed E-state index contributed by atoms with van der Waals surface area (Å²) in [5.74, 6) is 0.196. The van der Waals surface area contributed by atoms with Crippen molar-refractivity contribution in [2.75, 3.05) is 32.8 Å². The van der Waals surface area contributed by atoms with E-state index < -0.39 is 16.1 Å². The second kappa shape index (κ2) is 9.80. The normalized spacial score (nSPS) is 18.6. The first kappa shape index (κ1) is 21.3. The first-order chi connectivity index (χ1) is 12.3. The molecule has 7 nitrogen and oxygen atoms in total. The number of sulfonamides is 1. The van der Waals surface area contributed by atoms with Gasteiger partial charge in [-0.25, -0.2) is 8.42 Å². The molecule has 2 unspecified atom stereocenters. The number of morpholine rings is 1. The van der Waals surface area contributed by atoms with Gasteiger partial charge in [-0.1, -0.05) is 19.9 Å². The van der Waals surface area contributed by atoms with Gasteiger partial charge in [-0.2, -0.15) is 4.72 Å². The summed E-state index contributed by atoms with van der Waals surface area (Å²) in [5, 5.41) is 4.60. The smallest absolute Gasteiger partial charge is 0.250 e. The van der Waals surface area contributed by atoms with Crippen molar-refractivity contribution in [1.82, 2.24) is 14.9 Å². The largest absolute Gasteiger partial charge is 0.379 e. The lowest BCUT2D eigenvalue weighted by molar-refractivity contribution is -0.122. The fourth-order valence-corrected chi connectivity index (χ4v) is 5.19. The number of amides is 1. The van der Waals surface area contributed by atoms with E-state index in [0.717, 1.165) is 30.8 Å². The van der Waals surface area contributed by atoms with Crippen molar-refractivity contribution in [1.29, 1.82) is 0 Å². The molecular weight excluding hydrogens is 374 g/mol. The van der Waals surface area contributed by atoms with Crippen LogP contribution in [0.3, 0.4) is 0 Å². The molecule has 1 aromatic rings. The van der Waals surface area contributed by atoms with Crippen LogP contribution in [0.1, 0.15) is 27.2 Å². The van der Waals surface area contributed by atoms with Crippen LogP contribution in [0.2, 0.25) is 0 Å². The van der Waals surface area contributed by atoms with Crippen LogP contribution >= 0.6 is 11.3 Å². The van der Waals surface area contributed by atoms with E-state index in [4.69, 9.17) is 4.74 Å². The standard InChI is InChI=1S/C17H29N3O4S2/c1-13(2)11-15(20-6-8-24-9-7-20)12-18-17(21)14(3)19-26(22,23)16-5-4-10-25-16/h4-5,10,13-15,19H,6-9,11-12H2,1-3H3,(H,18,21). The van der Waals surface area contributed by atoms with Gasteiger partial charge >= 0.3 is 0 Å². The van der Waals surface area contributed by atoms with Gasteiger partial charge in [-0.3, -0.25) is 9.69 Å². The van der Waals surface area contributed by atoms with Gasteiger partial charge in [-0.05, 0) is 30.7 Å². The van der Waals surface area contributed by atoms with Gasteiger partial charge in [-0.15, -0.1) is 11.3 Å². The highest BCUT2D eigenvalue weighted by atomic mass is 32.2. The second-order valence-corrected chi connectivity index (χ2v) is 9.84. The number of rotatable bonds is 9. The molecule has 0 aliphatic carbocycles. The molecule has 1 fully saturated rings. The third kappa shape index (κ3) is 6.31. The molecule has 1 aliphatic heterocycles. The Balaban J connectivity index is 1.89. The highest BCUT2D eigenvalue weighted by Gasteiger charge is 2.25.